The summed E-state index contributed by atoms with van der Waals surface area (Å²) in [6, 6.07) is 2.67. The summed E-state index contributed by atoms with van der Waals surface area (Å²) in [5, 5.41) is -0.232. The fourth-order valence-electron chi connectivity index (χ4n) is 2.66. The van der Waals surface area contributed by atoms with E-state index in [1.54, 1.807) is 0 Å². The molecule has 2 rings (SSSR count). The van der Waals surface area contributed by atoms with Crippen molar-refractivity contribution in [3.8, 4) is 0 Å². The number of benzene rings is 1. The van der Waals surface area contributed by atoms with Gasteiger partial charge in [0.15, 0.2) is 11.6 Å². The summed E-state index contributed by atoms with van der Waals surface area (Å²) in [7, 11) is 0. The molecule has 0 N–H and O–H groups in total. The van der Waals surface area contributed by atoms with Crippen LogP contribution in [0.25, 0.3) is 0 Å². The van der Waals surface area contributed by atoms with Gasteiger partial charge < -0.3 is 0 Å². The average Bonchev–Trinajstić information content (AvgIpc) is 2.43. The normalized spacial score (nSPS) is 23.1. The third-order valence-electron chi connectivity index (χ3n) is 3.81. The molecular formula is C14H12BrClF4O. The van der Waals surface area contributed by atoms with E-state index < -0.39 is 29.6 Å². The molecule has 0 radical (unpaired) electrons. The largest absolute Gasteiger partial charge is 0.391 e. The minimum absolute atomic E-state index is 0.0247. The Hall–Kier alpha value is -0.620. The number of hydrogen-bond donors (Lipinski definition) is 0. The third kappa shape index (κ3) is 3.59. The molecule has 21 heavy (non-hydrogen) atoms. The maximum absolute atomic E-state index is 14.0. The van der Waals surface area contributed by atoms with Crippen molar-refractivity contribution in [1.29, 1.82) is 0 Å². The predicted molar refractivity (Wildman–Crippen MR) is 74.9 cm³/mol. The number of halogens is 6. The van der Waals surface area contributed by atoms with Crippen LogP contribution in [0.15, 0.2) is 16.6 Å². The third-order valence-corrected chi connectivity index (χ3v) is 5.07. The summed E-state index contributed by atoms with van der Waals surface area (Å²) >= 11 is 8.74. The Labute approximate surface area is 132 Å². The molecule has 2 atom stereocenters. The van der Waals surface area contributed by atoms with Crippen molar-refractivity contribution in [2.75, 3.05) is 0 Å². The monoisotopic (exact) mass is 386 g/mol. The summed E-state index contributed by atoms with van der Waals surface area (Å²) in [6.45, 7) is 0. The smallest absolute Gasteiger partial charge is 0.294 e. The van der Waals surface area contributed by atoms with Crippen LogP contribution in [-0.2, 0) is 0 Å². The number of Topliss-reactive ketones (excluding diaryl/α,β-unsaturated/α-hetero) is 1. The van der Waals surface area contributed by atoms with Gasteiger partial charge in [-0.05, 0) is 47.3 Å². The molecule has 1 nitrogen and oxygen atoms in total. The van der Waals surface area contributed by atoms with Crippen molar-refractivity contribution >= 4 is 33.3 Å². The number of carbonyl (C=O) groups excluding carboxylic acids is 1. The van der Waals surface area contributed by atoms with E-state index in [9.17, 15) is 22.4 Å². The van der Waals surface area contributed by atoms with Crippen LogP contribution in [0.5, 0.6) is 0 Å². The Bertz CT molecular complexity index is 559. The molecule has 1 aliphatic rings. The van der Waals surface area contributed by atoms with Crippen LogP contribution in [0, 0.1) is 17.7 Å². The molecule has 0 bridgehead atoms. The lowest BCUT2D eigenvalue weighted by molar-refractivity contribution is -0.184. The Morgan fingerprint density at radius 1 is 1.29 bits per heavy atom. The van der Waals surface area contributed by atoms with Gasteiger partial charge >= 0.3 is 6.18 Å². The van der Waals surface area contributed by atoms with Gasteiger partial charge in [0.1, 0.15) is 0 Å². The van der Waals surface area contributed by atoms with Crippen LogP contribution in [0.4, 0.5) is 17.6 Å². The summed E-state index contributed by atoms with van der Waals surface area (Å²) in [5.74, 6) is -3.78. The lowest BCUT2D eigenvalue weighted by atomic mass is 9.77. The van der Waals surface area contributed by atoms with E-state index in [-0.39, 0.29) is 23.4 Å². The van der Waals surface area contributed by atoms with Gasteiger partial charge in [0, 0.05) is 10.4 Å². The molecular weight excluding hydrogens is 376 g/mol. The second-order valence-corrected chi connectivity index (χ2v) is 6.42. The average molecular weight is 388 g/mol. The molecule has 1 saturated carbocycles. The molecule has 0 saturated heterocycles. The van der Waals surface area contributed by atoms with Gasteiger partial charge in [-0.2, -0.15) is 13.2 Å². The molecule has 2 unspecified atom stereocenters. The molecule has 116 valence electrons. The van der Waals surface area contributed by atoms with Crippen LogP contribution in [0.2, 0.25) is 5.02 Å². The Morgan fingerprint density at radius 3 is 2.57 bits per heavy atom. The van der Waals surface area contributed by atoms with E-state index >= 15 is 0 Å². The fourth-order valence-corrected chi connectivity index (χ4v) is 3.13. The minimum Gasteiger partial charge on any atom is -0.294 e. The van der Waals surface area contributed by atoms with E-state index in [4.69, 9.17) is 11.6 Å². The number of alkyl halides is 3. The zero-order chi connectivity index (χ0) is 15.8. The molecule has 1 aliphatic carbocycles. The van der Waals surface area contributed by atoms with Crippen LogP contribution in [0.1, 0.15) is 36.0 Å². The summed E-state index contributed by atoms with van der Waals surface area (Å²) in [4.78, 5) is 12.3. The summed E-state index contributed by atoms with van der Waals surface area (Å²) in [5.41, 5.74) is -0.240. The zero-order valence-corrected chi connectivity index (χ0v) is 13.2. The molecule has 0 spiro atoms. The molecule has 1 aromatic carbocycles. The molecule has 0 aliphatic heterocycles. The maximum atomic E-state index is 14.0. The topological polar surface area (TPSA) is 17.1 Å². The second-order valence-electron chi connectivity index (χ2n) is 5.19. The Morgan fingerprint density at radius 2 is 1.95 bits per heavy atom. The zero-order valence-electron chi connectivity index (χ0n) is 10.8. The van der Waals surface area contributed by atoms with Crippen LogP contribution < -0.4 is 0 Å². The van der Waals surface area contributed by atoms with Gasteiger partial charge in [-0.3, -0.25) is 4.79 Å². The fraction of sp³-hybridized carbons (Fsp3) is 0.500. The van der Waals surface area contributed by atoms with Gasteiger partial charge in [0.2, 0.25) is 0 Å². The number of ketones is 1. The molecule has 7 heteroatoms. The van der Waals surface area contributed by atoms with E-state index in [1.807, 2.05) is 0 Å². The molecule has 0 heterocycles. The van der Waals surface area contributed by atoms with Gasteiger partial charge in [-0.25, -0.2) is 4.39 Å². The lowest BCUT2D eigenvalue weighted by Crippen LogP contribution is -2.32. The van der Waals surface area contributed by atoms with Crippen LogP contribution in [0.3, 0.4) is 0 Å². The van der Waals surface area contributed by atoms with E-state index in [0.29, 0.717) is 17.3 Å². The van der Waals surface area contributed by atoms with Gasteiger partial charge in [-0.15, -0.1) is 0 Å². The van der Waals surface area contributed by atoms with Gasteiger partial charge in [0.25, 0.3) is 0 Å². The van der Waals surface area contributed by atoms with Crippen LogP contribution >= 0.6 is 27.5 Å². The second kappa shape index (κ2) is 6.24. The van der Waals surface area contributed by atoms with Crippen molar-refractivity contribution in [2.45, 2.75) is 31.9 Å². The lowest BCUT2D eigenvalue weighted by Gasteiger charge is -2.29. The van der Waals surface area contributed by atoms with Crippen molar-refractivity contribution < 1.29 is 22.4 Å². The van der Waals surface area contributed by atoms with E-state index in [2.05, 4.69) is 15.9 Å². The van der Waals surface area contributed by atoms with Crippen LogP contribution in [-0.4, -0.2) is 12.0 Å². The highest BCUT2D eigenvalue weighted by atomic mass is 79.9. The molecule has 0 amide bonds. The number of hydrogen-bond acceptors (Lipinski definition) is 1. The Kier molecular flexibility index (Phi) is 4.98. The SMILES string of the molecule is O=C(c1ccc(Br)c(Cl)c1F)C1CCCC(C(F)(F)F)C1. The first-order valence-electron chi connectivity index (χ1n) is 6.46. The standard InChI is InChI=1S/C14H12BrClF4O/c15-10-5-4-9(12(17)11(10)16)13(21)7-2-1-3-8(6-7)14(18,19)20/h4-5,7-8H,1-3,6H2. The summed E-state index contributed by atoms with van der Waals surface area (Å²) < 4.78 is 52.6. The van der Waals surface area contributed by atoms with E-state index in [1.165, 1.54) is 12.1 Å². The molecule has 1 aromatic rings. The molecule has 1 fully saturated rings. The maximum Gasteiger partial charge on any atom is 0.391 e. The number of rotatable bonds is 2. The minimum atomic E-state index is -4.31. The highest BCUT2D eigenvalue weighted by molar-refractivity contribution is 9.10. The first-order valence-corrected chi connectivity index (χ1v) is 7.63. The van der Waals surface area contributed by atoms with Crippen molar-refractivity contribution in [3.05, 3.63) is 33.0 Å². The van der Waals surface area contributed by atoms with Gasteiger partial charge in [0.05, 0.1) is 16.5 Å². The quantitative estimate of drug-likeness (QED) is 0.356. The van der Waals surface area contributed by atoms with Gasteiger partial charge in [-0.1, -0.05) is 18.0 Å². The highest BCUT2D eigenvalue weighted by Crippen LogP contribution is 2.41. The first kappa shape index (κ1) is 16.7. The number of carbonyl (C=O) groups is 1. The Balaban J connectivity index is 2.22. The van der Waals surface area contributed by atoms with E-state index in [0.717, 1.165) is 0 Å². The highest BCUT2D eigenvalue weighted by Gasteiger charge is 2.43. The van der Waals surface area contributed by atoms with Crippen molar-refractivity contribution in [1.82, 2.24) is 0 Å². The summed E-state index contributed by atoms with van der Waals surface area (Å²) in [6.07, 6.45) is -3.91. The molecule has 0 aromatic heterocycles. The predicted octanol–water partition coefficient (Wildman–Crippen LogP) is 5.79. The first-order chi connectivity index (χ1) is 9.71. The van der Waals surface area contributed by atoms with Crippen molar-refractivity contribution in [2.24, 2.45) is 11.8 Å². The van der Waals surface area contributed by atoms with Crippen molar-refractivity contribution in [3.63, 3.8) is 0 Å².